The van der Waals surface area contributed by atoms with Crippen molar-refractivity contribution < 1.29 is 0 Å². The average Bonchev–Trinajstić information content (AvgIpc) is 3.12. The number of nitrogens with zero attached hydrogens (tertiary/aromatic N) is 3. The molecule has 0 aliphatic carbocycles. The zero-order valence-electron chi connectivity index (χ0n) is 13.8. The highest BCUT2D eigenvalue weighted by Crippen LogP contribution is 2.41. The van der Waals surface area contributed by atoms with E-state index in [1.807, 2.05) is 18.3 Å². The van der Waals surface area contributed by atoms with E-state index in [4.69, 9.17) is 12.2 Å². The number of halogens is 1. The van der Waals surface area contributed by atoms with Crippen LogP contribution in [0.5, 0.6) is 0 Å². The molecule has 0 aromatic carbocycles. The molecule has 1 saturated heterocycles. The average molecular weight is 425 g/mol. The predicted octanol–water partition coefficient (Wildman–Crippen LogP) is 3.83. The number of hydrogen-bond acceptors (Lipinski definition) is 4. The second kappa shape index (κ2) is 7.91. The van der Waals surface area contributed by atoms with E-state index in [-0.39, 0.29) is 12.1 Å². The number of rotatable bonds is 6. The van der Waals surface area contributed by atoms with E-state index in [2.05, 4.69) is 67.6 Å². The first-order valence-electron chi connectivity index (χ1n) is 7.93. The van der Waals surface area contributed by atoms with E-state index < -0.39 is 0 Å². The van der Waals surface area contributed by atoms with Crippen LogP contribution in [0.4, 0.5) is 0 Å². The largest absolute Gasteiger partial charge is 0.352 e. The first kappa shape index (κ1) is 17.8. The van der Waals surface area contributed by atoms with Crippen molar-refractivity contribution >= 4 is 44.6 Å². The normalized spacial score (nSPS) is 20.7. The van der Waals surface area contributed by atoms with E-state index in [0.29, 0.717) is 0 Å². The Kier molecular flexibility index (Phi) is 5.86. The molecule has 1 fully saturated rings. The fourth-order valence-electron chi connectivity index (χ4n) is 3.00. The lowest BCUT2D eigenvalue weighted by Gasteiger charge is -2.27. The molecular formula is C17H21BrN4S2. The molecule has 0 spiro atoms. The molecule has 0 bridgehead atoms. The minimum absolute atomic E-state index is 0.0867. The number of thiocarbonyl (C=S) groups is 1. The third-order valence-corrected chi connectivity index (χ3v) is 6.20. The lowest BCUT2D eigenvalue weighted by molar-refractivity contribution is 0.296. The Labute approximate surface area is 161 Å². The SMILES string of the molecule is CN(C)CCCN1C(=S)NC(c2ccccn2)C1c1cc(Br)cs1. The molecule has 0 saturated carbocycles. The summed E-state index contributed by atoms with van der Waals surface area (Å²) in [4.78, 5) is 10.4. The van der Waals surface area contributed by atoms with Crippen LogP contribution in [-0.4, -0.2) is 47.1 Å². The van der Waals surface area contributed by atoms with Crippen molar-refractivity contribution in [3.05, 3.63) is 50.9 Å². The van der Waals surface area contributed by atoms with Gasteiger partial charge in [-0.2, -0.15) is 0 Å². The summed E-state index contributed by atoms with van der Waals surface area (Å²) in [5, 5.41) is 6.44. The maximum atomic E-state index is 5.65. The van der Waals surface area contributed by atoms with Gasteiger partial charge in [-0.3, -0.25) is 4.98 Å². The molecule has 7 heteroatoms. The van der Waals surface area contributed by atoms with Crippen LogP contribution in [0.3, 0.4) is 0 Å². The molecule has 128 valence electrons. The second-order valence-corrected chi connectivity index (χ2v) is 8.39. The van der Waals surface area contributed by atoms with Crippen LogP contribution in [0.15, 0.2) is 40.3 Å². The lowest BCUT2D eigenvalue weighted by Crippen LogP contribution is -2.32. The Morgan fingerprint density at radius 3 is 2.88 bits per heavy atom. The van der Waals surface area contributed by atoms with Gasteiger partial charge in [-0.15, -0.1) is 11.3 Å². The maximum absolute atomic E-state index is 5.65. The molecule has 3 heterocycles. The second-order valence-electron chi connectivity index (χ2n) is 6.14. The Balaban J connectivity index is 1.88. The highest BCUT2D eigenvalue weighted by atomic mass is 79.9. The highest BCUT2D eigenvalue weighted by molar-refractivity contribution is 9.10. The molecule has 2 aromatic rings. The first-order chi connectivity index (χ1) is 11.6. The topological polar surface area (TPSA) is 31.4 Å². The van der Waals surface area contributed by atoms with Crippen molar-refractivity contribution in [3.63, 3.8) is 0 Å². The molecule has 0 radical (unpaired) electrons. The van der Waals surface area contributed by atoms with E-state index >= 15 is 0 Å². The van der Waals surface area contributed by atoms with E-state index in [0.717, 1.165) is 34.8 Å². The van der Waals surface area contributed by atoms with E-state index in [1.165, 1.54) is 4.88 Å². The van der Waals surface area contributed by atoms with Gasteiger partial charge in [0.1, 0.15) is 0 Å². The molecule has 4 nitrogen and oxygen atoms in total. The van der Waals surface area contributed by atoms with Crippen molar-refractivity contribution in [3.8, 4) is 0 Å². The summed E-state index contributed by atoms with van der Waals surface area (Å²) in [5.41, 5.74) is 1.03. The van der Waals surface area contributed by atoms with Crippen LogP contribution in [0, 0.1) is 0 Å². The predicted molar refractivity (Wildman–Crippen MR) is 107 cm³/mol. The molecule has 2 aromatic heterocycles. The standard InChI is InChI=1S/C17H21BrN4S2/c1-21(2)8-5-9-22-16(14-10-12(18)11-24-14)15(20-17(22)23)13-6-3-4-7-19-13/h3-4,6-7,10-11,15-16H,5,8-9H2,1-2H3,(H,20,23). The molecular weight excluding hydrogens is 404 g/mol. The molecule has 3 rings (SSSR count). The summed E-state index contributed by atoms with van der Waals surface area (Å²) < 4.78 is 1.12. The highest BCUT2D eigenvalue weighted by Gasteiger charge is 2.40. The summed E-state index contributed by atoms with van der Waals surface area (Å²) in [7, 11) is 4.20. The summed E-state index contributed by atoms with van der Waals surface area (Å²) in [5.74, 6) is 0. The zero-order valence-corrected chi connectivity index (χ0v) is 17.0. The fraction of sp³-hybridized carbons (Fsp3) is 0.412. The van der Waals surface area contributed by atoms with Gasteiger partial charge in [-0.05, 0) is 73.4 Å². The summed E-state index contributed by atoms with van der Waals surface area (Å²) in [6, 6.07) is 8.51. The fourth-order valence-corrected chi connectivity index (χ4v) is 4.92. The van der Waals surface area contributed by atoms with Crippen molar-refractivity contribution in [1.82, 2.24) is 20.1 Å². The minimum atomic E-state index is 0.0867. The number of aromatic nitrogens is 1. The van der Waals surface area contributed by atoms with Crippen LogP contribution < -0.4 is 5.32 Å². The van der Waals surface area contributed by atoms with Crippen LogP contribution in [-0.2, 0) is 0 Å². The van der Waals surface area contributed by atoms with Crippen molar-refractivity contribution in [1.29, 1.82) is 0 Å². The van der Waals surface area contributed by atoms with Gasteiger partial charge in [0.15, 0.2) is 5.11 Å². The molecule has 1 aliphatic heterocycles. The van der Waals surface area contributed by atoms with Gasteiger partial charge >= 0.3 is 0 Å². The molecule has 24 heavy (non-hydrogen) atoms. The van der Waals surface area contributed by atoms with Gasteiger partial charge in [0.05, 0.1) is 17.8 Å². The molecule has 2 unspecified atom stereocenters. The van der Waals surface area contributed by atoms with Crippen molar-refractivity contribution in [2.45, 2.75) is 18.5 Å². The summed E-state index contributed by atoms with van der Waals surface area (Å²) in [6.07, 6.45) is 2.92. The number of hydrogen-bond donors (Lipinski definition) is 1. The number of thiophene rings is 1. The van der Waals surface area contributed by atoms with Gasteiger partial charge in [0, 0.05) is 27.5 Å². The number of nitrogens with one attached hydrogen (secondary N) is 1. The smallest absolute Gasteiger partial charge is 0.170 e. The van der Waals surface area contributed by atoms with Crippen LogP contribution in [0.25, 0.3) is 0 Å². The maximum Gasteiger partial charge on any atom is 0.170 e. The van der Waals surface area contributed by atoms with E-state index in [1.54, 1.807) is 11.3 Å². The van der Waals surface area contributed by atoms with Crippen LogP contribution >= 0.6 is 39.5 Å². The Morgan fingerprint density at radius 2 is 2.25 bits per heavy atom. The van der Waals surface area contributed by atoms with Gasteiger partial charge in [-0.1, -0.05) is 6.07 Å². The Hall–Kier alpha value is -1.02. The quantitative estimate of drug-likeness (QED) is 0.712. The van der Waals surface area contributed by atoms with E-state index in [9.17, 15) is 0 Å². The third-order valence-electron chi connectivity index (χ3n) is 4.08. The minimum Gasteiger partial charge on any atom is -0.352 e. The van der Waals surface area contributed by atoms with Crippen LogP contribution in [0.2, 0.25) is 0 Å². The molecule has 1 aliphatic rings. The molecule has 0 amide bonds. The molecule has 2 atom stereocenters. The van der Waals surface area contributed by atoms with Gasteiger partial charge < -0.3 is 15.1 Å². The van der Waals surface area contributed by atoms with Gasteiger partial charge in [-0.25, -0.2) is 0 Å². The Morgan fingerprint density at radius 1 is 1.42 bits per heavy atom. The number of pyridine rings is 1. The van der Waals surface area contributed by atoms with Crippen LogP contribution in [0.1, 0.15) is 29.1 Å². The zero-order chi connectivity index (χ0) is 17.1. The lowest BCUT2D eigenvalue weighted by atomic mass is 10.0. The van der Waals surface area contributed by atoms with Crippen molar-refractivity contribution in [2.24, 2.45) is 0 Å². The monoisotopic (exact) mass is 424 g/mol. The molecule has 1 N–H and O–H groups in total. The summed E-state index contributed by atoms with van der Waals surface area (Å²) >= 11 is 11.0. The van der Waals surface area contributed by atoms with Gasteiger partial charge in [0.2, 0.25) is 0 Å². The van der Waals surface area contributed by atoms with Gasteiger partial charge in [0.25, 0.3) is 0 Å². The Bertz CT molecular complexity index is 689. The third kappa shape index (κ3) is 3.96. The van der Waals surface area contributed by atoms with Crippen molar-refractivity contribution in [2.75, 3.05) is 27.2 Å². The summed E-state index contributed by atoms with van der Waals surface area (Å²) in [6.45, 7) is 1.99. The first-order valence-corrected chi connectivity index (χ1v) is 10.0.